The third-order valence-electron chi connectivity index (χ3n) is 7.23. The molecular weight excluding hydrogens is 622 g/mol. The van der Waals surface area contributed by atoms with Crippen molar-refractivity contribution < 1.29 is 17.9 Å². The fourth-order valence-electron chi connectivity index (χ4n) is 5.02. The van der Waals surface area contributed by atoms with Gasteiger partial charge in [0.25, 0.3) is 0 Å². The zero-order chi connectivity index (χ0) is 28.8. The Morgan fingerprint density at radius 3 is 2.29 bits per heavy atom. The molecule has 4 aromatic carbocycles. The Hall–Kier alpha value is -2.84. The van der Waals surface area contributed by atoms with E-state index in [1.165, 1.54) is 25.5 Å². The van der Waals surface area contributed by atoms with Gasteiger partial charge in [-0.05, 0) is 76.8 Å². The Labute approximate surface area is 256 Å². The number of sulfone groups is 1. The Kier molecular flexibility index (Phi) is 9.71. The molecule has 0 amide bonds. The summed E-state index contributed by atoms with van der Waals surface area (Å²) >= 11 is 10.5. The van der Waals surface area contributed by atoms with Crippen LogP contribution >= 0.6 is 27.5 Å². The monoisotopic (exact) mass is 653 g/mol. The molecule has 1 fully saturated rings. The van der Waals surface area contributed by atoms with Gasteiger partial charge < -0.3 is 9.47 Å². The van der Waals surface area contributed by atoms with Gasteiger partial charge in [-0.3, -0.25) is 4.90 Å². The van der Waals surface area contributed by atoms with Gasteiger partial charge in [0.05, 0.1) is 9.92 Å². The van der Waals surface area contributed by atoms with E-state index in [2.05, 4.69) is 39.0 Å². The van der Waals surface area contributed by atoms with Crippen molar-refractivity contribution in [3.05, 3.63) is 111 Å². The first-order chi connectivity index (χ1) is 19.8. The molecule has 1 aliphatic heterocycles. The minimum absolute atomic E-state index is 0.224. The van der Waals surface area contributed by atoms with Crippen LogP contribution in [0.5, 0.6) is 11.5 Å². The zero-order valence-electron chi connectivity index (χ0n) is 23.0. The van der Waals surface area contributed by atoms with E-state index in [9.17, 15) is 8.42 Å². The first-order valence-electron chi connectivity index (χ1n) is 13.7. The maximum atomic E-state index is 12.1. The zero-order valence-corrected chi connectivity index (χ0v) is 26.1. The molecule has 0 N–H and O–H groups in total. The average molecular weight is 655 g/mol. The molecular formula is C33H33BrClNO4S. The summed E-state index contributed by atoms with van der Waals surface area (Å²) in [6, 6.07) is 27.0. The maximum absolute atomic E-state index is 12.1. The van der Waals surface area contributed by atoms with Gasteiger partial charge in [0.2, 0.25) is 0 Å². The van der Waals surface area contributed by atoms with Gasteiger partial charge in [0.1, 0.15) is 24.7 Å². The lowest BCUT2D eigenvalue weighted by Gasteiger charge is -2.27. The van der Waals surface area contributed by atoms with Crippen molar-refractivity contribution in [2.45, 2.75) is 43.9 Å². The van der Waals surface area contributed by atoms with Crippen molar-refractivity contribution in [2.24, 2.45) is 0 Å². The van der Waals surface area contributed by atoms with E-state index in [0.717, 1.165) is 51.9 Å². The third kappa shape index (κ3) is 7.72. The summed E-state index contributed by atoms with van der Waals surface area (Å²) in [4.78, 5) is 2.69. The fraction of sp³-hybridized carbons (Fsp3) is 0.273. The van der Waals surface area contributed by atoms with Crippen LogP contribution in [0.15, 0.2) is 94.3 Å². The Morgan fingerprint density at radius 1 is 0.805 bits per heavy atom. The molecule has 0 spiro atoms. The first kappa shape index (κ1) is 29.6. The molecule has 0 radical (unpaired) electrons. The Balaban J connectivity index is 1.39. The SMILES string of the molecule is CS(=O)(=O)c1cccc(COc2cc(OCc3cccc(-c4ccccc4)c3Br)c(Cl)cc2CN2CCCCC2)c1. The number of ether oxygens (including phenoxy) is 2. The van der Waals surface area contributed by atoms with Crippen LogP contribution in [0.4, 0.5) is 0 Å². The molecule has 0 aromatic heterocycles. The summed E-state index contributed by atoms with van der Waals surface area (Å²) in [6.07, 6.45) is 4.83. The van der Waals surface area contributed by atoms with Crippen LogP contribution in [0.2, 0.25) is 5.02 Å². The van der Waals surface area contributed by atoms with Gasteiger partial charge in [0, 0.05) is 34.5 Å². The van der Waals surface area contributed by atoms with Gasteiger partial charge in [-0.1, -0.05) is 78.7 Å². The molecule has 5 rings (SSSR count). The van der Waals surface area contributed by atoms with Crippen LogP contribution in [0.1, 0.15) is 36.0 Å². The minimum atomic E-state index is -3.31. The predicted molar refractivity (Wildman–Crippen MR) is 168 cm³/mol. The molecule has 0 atom stereocenters. The van der Waals surface area contributed by atoms with E-state index in [1.807, 2.05) is 48.5 Å². The molecule has 1 saturated heterocycles. The molecule has 1 heterocycles. The van der Waals surface area contributed by atoms with Crippen LogP contribution in [-0.2, 0) is 29.6 Å². The second kappa shape index (κ2) is 13.4. The summed E-state index contributed by atoms with van der Waals surface area (Å²) in [5, 5.41) is 0.527. The smallest absolute Gasteiger partial charge is 0.175 e. The molecule has 0 aliphatic carbocycles. The van der Waals surface area contributed by atoms with E-state index in [0.29, 0.717) is 23.1 Å². The standard InChI is InChI=1S/C33H33BrClNO4S/c1-41(37,38)28-14-8-10-24(18-28)22-39-31-20-32(30(35)19-27(31)21-36-16-6-3-7-17-36)40-23-26-13-9-15-29(33(26)34)25-11-4-2-5-12-25/h2,4-5,8-15,18-20H,3,6-7,16-17,21-23H2,1H3. The average Bonchev–Trinajstić information content (AvgIpc) is 2.97. The highest BCUT2D eigenvalue weighted by molar-refractivity contribution is 9.10. The molecule has 8 heteroatoms. The number of hydrogen-bond donors (Lipinski definition) is 0. The van der Waals surface area contributed by atoms with Crippen LogP contribution in [0.25, 0.3) is 11.1 Å². The van der Waals surface area contributed by atoms with Gasteiger partial charge in [-0.15, -0.1) is 0 Å². The second-order valence-electron chi connectivity index (χ2n) is 10.4. The van der Waals surface area contributed by atoms with Gasteiger partial charge in [-0.25, -0.2) is 8.42 Å². The van der Waals surface area contributed by atoms with Crippen LogP contribution in [-0.4, -0.2) is 32.7 Å². The van der Waals surface area contributed by atoms with Crippen molar-refractivity contribution >= 4 is 37.4 Å². The molecule has 41 heavy (non-hydrogen) atoms. The molecule has 214 valence electrons. The van der Waals surface area contributed by atoms with Crippen LogP contribution < -0.4 is 9.47 Å². The molecule has 0 saturated carbocycles. The van der Waals surface area contributed by atoms with Crippen molar-refractivity contribution in [3.63, 3.8) is 0 Å². The quantitative estimate of drug-likeness (QED) is 0.172. The normalized spacial score (nSPS) is 14.1. The second-order valence-corrected chi connectivity index (χ2v) is 13.6. The number of benzene rings is 4. The predicted octanol–water partition coefficient (Wildman–Crippen LogP) is 8.32. The largest absolute Gasteiger partial charge is 0.488 e. The highest BCUT2D eigenvalue weighted by Gasteiger charge is 2.18. The fourth-order valence-corrected chi connectivity index (χ4v) is 6.56. The van der Waals surface area contributed by atoms with Gasteiger partial charge >= 0.3 is 0 Å². The molecule has 0 unspecified atom stereocenters. The third-order valence-corrected chi connectivity index (χ3v) is 9.57. The number of rotatable bonds is 10. The van der Waals surface area contributed by atoms with Crippen molar-refractivity contribution in [2.75, 3.05) is 19.3 Å². The van der Waals surface area contributed by atoms with Crippen molar-refractivity contribution in [1.29, 1.82) is 0 Å². The van der Waals surface area contributed by atoms with Crippen molar-refractivity contribution in [3.8, 4) is 22.6 Å². The number of likely N-dealkylation sites (tertiary alicyclic amines) is 1. The van der Waals surface area contributed by atoms with Gasteiger partial charge in [-0.2, -0.15) is 0 Å². The highest BCUT2D eigenvalue weighted by Crippen LogP contribution is 2.37. The summed E-state index contributed by atoms with van der Waals surface area (Å²) < 4.78 is 37.7. The molecule has 5 nitrogen and oxygen atoms in total. The summed E-state index contributed by atoms with van der Waals surface area (Å²) in [5.41, 5.74) is 4.97. The van der Waals surface area contributed by atoms with E-state index in [1.54, 1.807) is 18.2 Å². The lowest BCUT2D eigenvalue weighted by atomic mass is 10.0. The van der Waals surface area contributed by atoms with Gasteiger partial charge in [0.15, 0.2) is 9.84 Å². The maximum Gasteiger partial charge on any atom is 0.175 e. The molecule has 4 aromatic rings. The van der Waals surface area contributed by atoms with E-state index in [4.69, 9.17) is 21.1 Å². The minimum Gasteiger partial charge on any atom is -0.488 e. The van der Waals surface area contributed by atoms with E-state index >= 15 is 0 Å². The summed E-state index contributed by atoms with van der Waals surface area (Å²) in [7, 11) is -3.31. The Bertz CT molecular complexity index is 1610. The number of nitrogens with zero attached hydrogens (tertiary/aromatic N) is 1. The number of halogens is 2. The Morgan fingerprint density at radius 2 is 1.54 bits per heavy atom. The molecule has 0 bridgehead atoms. The molecule has 1 aliphatic rings. The topological polar surface area (TPSA) is 55.8 Å². The highest BCUT2D eigenvalue weighted by atomic mass is 79.9. The first-order valence-corrected chi connectivity index (χ1v) is 16.8. The lowest BCUT2D eigenvalue weighted by Crippen LogP contribution is -2.29. The van der Waals surface area contributed by atoms with Crippen LogP contribution in [0.3, 0.4) is 0 Å². The lowest BCUT2D eigenvalue weighted by molar-refractivity contribution is 0.214. The van der Waals surface area contributed by atoms with Crippen molar-refractivity contribution in [1.82, 2.24) is 4.90 Å². The van der Waals surface area contributed by atoms with Crippen LogP contribution in [0, 0.1) is 0 Å². The van der Waals surface area contributed by atoms with E-state index in [-0.39, 0.29) is 11.5 Å². The summed E-state index contributed by atoms with van der Waals surface area (Å²) in [6.45, 7) is 3.35. The number of hydrogen-bond acceptors (Lipinski definition) is 5. The number of piperidine rings is 1. The van der Waals surface area contributed by atoms with E-state index < -0.39 is 9.84 Å². The summed E-state index contributed by atoms with van der Waals surface area (Å²) in [5.74, 6) is 1.21.